The number of likely N-dealkylation sites (tertiary alicyclic amines) is 1. The molecule has 2 amide bonds. The Hall–Kier alpha value is -2.53. The maximum Gasteiger partial charge on any atom is 0.239 e. The van der Waals surface area contributed by atoms with Crippen molar-refractivity contribution in [2.24, 2.45) is 0 Å². The van der Waals surface area contributed by atoms with Crippen LogP contribution < -0.4 is 9.64 Å². The van der Waals surface area contributed by atoms with E-state index in [1.54, 1.807) is 30.0 Å². The predicted octanol–water partition coefficient (Wildman–Crippen LogP) is 3.04. The first kappa shape index (κ1) is 17.9. The third kappa shape index (κ3) is 2.77. The van der Waals surface area contributed by atoms with Gasteiger partial charge in [0.05, 0.1) is 18.9 Å². The van der Waals surface area contributed by atoms with Crippen molar-refractivity contribution in [3.05, 3.63) is 58.6 Å². The number of halogens is 1. The topological polar surface area (TPSA) is 49.9 Å². The molecule has 0 saturated carbocycles. The third-order valence-electron chi connectivity index (χ3n) is 5.72. The van der Waals surface area contributed by atoms with E-state index in [4.69, 9.17) is 16.3 Å². The highest BCUT2D eigenvalue weighted by Crippen LogP contribution is 2.48. The van der Waals surface area contributed by atoms with Crippen molar-refractivity contribution in [1.82, 2.24) is 4.90 Å². The van der Waals surface area contributed by atoms with Gasteiger partial charge in [-0.25, -0.2) is 0 Å². The van der Waals surface area contributed by atoms with E-state index in [1.165, 1.54) is 0 Å². The molecular formula is C21H21ClN2O3. The maximum atomic E-state index is 13.1. The molecule has 0 aliphatic carbocycles. The lowest BCUT2D eigenvalue weighted by Gasteiger charge is -2.24. The van der Waals surface area contributed by atoms with E-state index in [-0.39, 0.29) is 18.2 Å². The summed E-state index contributed by atoms with van der Waals surface area (Å²) in [4.78, 5) is 29.4. The van der Waals surface area contributed by atoms with E-state index in [9.17, 15) is 9.59 Å². The molecular weight excluding hydrogens is 364 g/mol. The van der Waals surface area contributed by atoms with Crippen LogP contribution in [0.2, 0.25) is 5.02 Å². The number of methoxy groups -OCH3 is 1. The Kier molecular flexibility index (Phi) is 4.35. The Labute approximate surface area is 163 Å². The molecule has 0 aromatic heterocycles. The second-order valence-corrected chi connectivity index (χ2v) is 7.57. The van der Waals surface area contributed by atoms with Gasteiger partial charge in [-0.15, -0.1) is 0 Å². The van der Waals surface area contributed by atoms with Gasteiger partial charge in [0.2, 0.25) is 11.8 Å². The molecule has 5 nitrogen and oxygen atoms in total. The third-order valence-corrected chi connectivity index (χ3v) is 6.08. The van der Waals surface area contributed by atoms with Crippen LogP contribution in [0.1, 0.15) is 17.5 Å². The van der Waals surface area contributed by atoms with Crippen LogP contribution in [0.5, 0.6) is 5.75 Å². The van der Waals surface area contributed by atoms with Crippen LogP contribution in [0.4, 0.5) is 5.69 Å². The number of benzene rings is 2. The van der Waals surface area contributed by atoms with Gasteiger partial charge in [0.15, 0.2) is 0 Å². The van der Waals surface area contributed by atoms with Crippen molar-refractivity contribution in [2.75, 3.05) is 32.1 Å². The molecule has 1 atom stereocenters. The van der Waals surface area contributed by atoms with Crippen molar-refractivity contribution in [1.29, 1.82) is 0 Å². The van der Waals surface area contributed by atoms with Crippen LogP contribution in [-0.4, -0.2) is 44.0 Å². The van der Waals surface area contributed by atoms with Crippen molar-refractivity contribution >= 4 is 29.1 Å². The molecule has 2 heterocycles. The zero-order chi connectivity index (χ0) is 19.2. The van der Waals surface area contributed by atoms with Gasteiger partial charge in [0, 0.05) is 30.8 Å². The molecule has 1 fully saturated rings. The summed E-state index contributed by atoms with van der Waals surface area (Å²) in [5.41, 5.74) is 1.96. The first-order valence-corrected chi connectivity index (χ1v) is 9.32. The summed E-state index contributed by atoms with van der Waals surface area (Å²) in [5.74, 6) is 0.752. The van der Waals surface area contributed by atoms with Crippen LogP contribution >= 0.6 is 11.6 Å². The lowest BCUT2D eigenvalue weighted by Crippen LogP contribution is -2.42. The van der Waals surface area contributed by atoms with Gasteiger partial charge in [-0.1, -0.05) is 29.8 Å². The van der Waals surface area contributed by atoms with Crippen molar-refractivity contribution in [2.45, 2.75) is 18.3 Å². The monoisotopic (exact) mass is 384 g/mol. The molecule has 0 bridgehead atoms. The molecule has 1 spiro atoms. The summed E-state index contributed by atoms with van der Waals surface area (Å²) < 4.78 is 5.35. The number of carbonyl (C=O) groups is 2. The fourth-order valence-electron chi connectivity index (χ4n) is 4.20. The highest BCUT2D eigenvalue weighted by molar-refractivity contribution is 6.31. The Morgan fingerprint density at radius 2 is 2.04 bits per heavy atom. The largest absolute Gasteiger partial charge is 0.497 e. The van der Waals surface area contributed by atoms with Crippen LogP contribution in [0.3, 0.4) is 0 Å². The molecule has 0 unspecified atom stereocenters. The number of nitrogens with zero attached hydrogens (tertiary/aromatic N) is 2. The van der Waals surface area contributed by atoms with Gasteiger partial charge >= 0.3 is 0 Å². The second-order valence-electron chi connectivity index (χ2n) is 7.16. The van der Waals surface area contributed by atoms with E-state index in [0.717, 1.165) is 22.6 Å². The maximum absolute atomic E-state index is 13.1. The zero-order valence-electron chi connectivity index (χ0n) is 15.4. The quantitative estimate of drug-likeness (QED) is 0.817. The molecule has 2 aliphatic heterocycles. The number of ether oxygens (including phenoxy) is 1. The number of amides is 2. The molecule has 6 heteroatoms. The first-order valence-electron chi connectivity index (χ1n) is 8.94. The molecule has 2 aromatic carbocycles. The van der Waals surface area contributed by atoms with Gasteiger partial charge < -0.3 is 14.5 Å². The molecule has 4 rings (SSSR count). The molecule has 140 valence electrons. The summed E-state index contributed by atoms with van der Waals surface area (Å²) in [6.07, 6.45) is 0.857. The second kappa shape index (κ2) is 6.57. The smallest absolute Gasteiger partial charge is 0.239 e. The Bertz CT molecular complexity index is 929. The summed E-state index contributed by atoms with van der Waals surface area (Å²) in [6.45, 7) is 0.944. The van der Waals surface area contributed by atoms with Crippen molar-refractivity contribution < 1.29 is 14.3 Å². The standard InChI is InChI=1S/C21H21ClN2O3/c1-23-18-8-7-15(27-2)12-16(18)21(20(23)26)9-10-24(13-21)19(25)11-14-5-3-4-6-17(14)22/h3-8,12H,9-11,13H2,1-2H3/t21-/m1/s1. The summed E-state index contributed by atoms with van der Waals surface area (Å²) in [7, 11) is 3.40. The number of anilines is 1. The predicted molar refractivity (Wildman–Crippen MR) is 104 cm³/mol. The fraction of sp³-hybridized carbons (Fsp3) is 0.333. The Morgan fingerprint density at radius 3 is 2.78 bits per heavy atom. The lowest BCUT2D eigenvalue weighted by molar-refractivity contribution is -0.130. The number of fused-ring (bicyclic) bond motifs is 2. The average molecular weight is 385 g/mol. The Balaban J connectivity index is 1.61. The van der Waals surface area contributed by atoms with E-state index in [1.807, 2.05) is 36.4 Å². The number of rotatable bonds is 3. The molecule has 1 saturated heterocycles. The average Bonchev–Trinajstić information content (AvgIpc) is 3.21. The van der Waals surface area contributed by atoms with E-state index < -0.39 is 5.41 Å². The van der Waals surface area contributed by atoms with Crippen molar-refractivity contribution in [3.63, 3.8) is 0 Å². The SMILES string of the molecule is COc1ccc2c(c1)[C@]1(CCN(C(=O)Cc3ccccc3Cl)C1)C(=O)N2C. The summed E-state index contributed by atoms with van der Waals surface area (Å²) >= 11 is 6.19. The highest BCUT2D eigenvalue weighted by atomic mass is 35.5. The minimum atomic E-state index is -0.686. The molecule has 2 aromatic rings. The van der Waals surface area contributed by atoms with Crippen LogP contribution in [-0.2, 0) is 21.4 Å². The van der Waals surface area contributed by atoms with Gasteiger partial charge in [-0.3, -0.25) is 9.59 Å². The van der Waals surface area contributed by atoms with E-state index in [0.29, 0.717) is 24.5 Å². The molecule has 27 heavy (non-hydrogen) atoms. The fourth-order valence-corrected chi connectivity index (χ4v) is 4.40. The number of hydrogen-bond acceptors (Lipinski definition) is 3. The van der Waals surface area contributed by atoms with Crippen LogP contribution in [0.15, 0.2) is 42.5 Å². The van der Waals surface area contributed by atoms with Gasteiger partial charge in [0.25, 0.3) is 0 Å². The minimum Gasteiger partial charge on any atom is -0.497 e. The van der Waals surface area contributed by atoms with Gasteiger partial charge in [0.1, 0.15) is 5.75 Å². The van der Waals surface area contributed by atoms with E-state index >= 15 is 0 Å². The number of carbonyl (C=O) groups excluding carboxylic acids is 2. The number of likely N-dealkylation sites (N-methyl/N-ethyl adjacent to an activating group) is 1. The lowest BCUT2D eigenvalue weighted by atomic mass is 9.81. The highest BCUT2D eigenvalue weighted by Gasteiger charge is 2.54. The Morgan fingerprint density at radius 1 is 1.26 bits per heavy atom. The molecule has 0 N–H and O–H groups in total. The normalized spacial score (nSPS) is 21.1. The van der Waals surface area contributed by atoms with Gasteiger partial charge in [-0.2, -0.15) is 0 Å². The van der Waals surface area contributed by atoms with Crippen LogP contribution in [0, 0.1) is 0 Å². The zero-order valence-corrected chi connectivity index (χ0v) is 16.1. The summed E-state index contributed by atoms with van der Waals surface area (Å²) in [6, 6.07) is 13.1. The number of hydrogen-bond donors (Lipinski definition) is 0. The van der Waals surface area contributed by atoms with Crippen molar-refractivity contribution in [3.8, 4) is 5.75 Å². The van der Waals surface area contributed by atoms with Crippen LogP contribution in [0.25, 0.3) is 0 Å². The summed E-state index contributed by atoms with van der Waals surface area (Å²) in [5, 5.41) is 0.589. The van der Waals surface area contributed by atoms with Gasteiger partial charge in [-0.05, 0) is 41.8 Å². The first-order chi connectivity index (χ1) is 13.0. The van der Waals surface area contributed by atoms with E-state index in [2.05, 4.69) is 0 Å². The minimum absolute atomic E-state index is 0.00762. The molecule has 0 radical (unpaired) electrons. The molecule has 2 aliphatic rings.